The molecule has 1 aliphatic rings. The van der Waals surface area contributed by atoms with Crippen LogP contribution in [0.5, 0.6) is 0 Å². The van der Waals surface area contributed by atoms with Crippen molar-refractivity contribution in [3.8, 4) is 11.4 Å². The zero-order valence-electron chi connectivity index (χ0n) is 11.5. The Labute approximate surface area is 126 Å². The molecule has 2 N–H and O–H groups in total. The van der Waals surface area contributed by atoms with Crippen LogP contribution in [0.25, 0.3) is 11.4 Å². The van der Waals surface area contributed by atoms with E-state index in [2.05, 4.69) is 39.1 Å². The molecule has 1 aliphatic carbocycles. The summed E-state index contributed by atoms with van der Waals surface area (Å²) >= 11 is 3.47. The van der Waals surface area contributed by atoms with E-state index in [0.717, 1.165) is 47.2 Å². The summed E-state index contributed by atoms with van der Waals surface area (Å²) in [5.41, 5.74) is 8.09. The van der Waals surface area contributed by atoms with E-state index >= 15 is 0 Å². The lowest BCUT2D eigenvalue weighted by atomic mass is 9.86. The van der Waals surface area contributed by atoms with Crippen molar-refractivity contribution in [3.05, 3.63) is 34.1 Å². The van der Waals surface area contributed by atoms with E-state index < -0.39 is 0 Å². The number of hydrogen-bond acceptors (Lipinski definition) is 4. The quantitative estimate of drug-likeness (QED) is 0.906. The molecular formula is C15H18BrN3O. The van der Waals surface area contributed by atoms with Gasteiger partial charge in [0.25, 0.3) is 0 Å². The number of aromatic nitrogens is 2. The molecule has 0 amide bonds. The summed E-state index contributed by atoms with van der Waals surface area (Å²) in [5, 5.41) is 4.14. The van der Waals surface area contributed by atoms with Gasteiger partial charge in [-0.15, -0.1) is 0 Å². The SMILES string of the molecule is Cc1cc(Br)ccc1-c1noc(C2CCC(N)CC2)n1. The lowest BCUT2D eigenvalue weighted by Gasteiger charge is -2.22. The van der Waals surface area contributed by atoms with Crippen LogP contribution < -0.4 is 5.73 Å². The number of nitrogens with zero attached hydrogens (tertiary/aromatic N) is 2. The Morgan fingerprint density at radius 2 is 2.00 bits per heavy atom. The molecule has 106 valence electrons. The number of benzene rings is 1. The Kier molecular flexibility index (Phi) is 3.89. The van der Waals surface area contributed by atoms with Crippen molar-refractivity contribution in [2.24, 2.45) is 5.73 Å². The van der Waals surface area contributed by atoms with Crippen molar-refractivity contribution >= 4 is 15.9 Å². The number of hydrogen-bond donors (Lipinski definition) is 1. The first-order valence-corrected chi connectivity index (χ1v) is 7.78. The second kappa shape index (κ2) is 5.66. The van der Waals surface area contributed by atoms with Crippen LogP contribution in [0.1, 0.15) is 43.1 Å². The van der Waals surface area contributed by atoms with Crippen molar-refractivity contribution in [2.75, 3.05) is 0 Å². The average molecular weight is 336 g/mol. The third-order valence-electron chi connectivity index (χ3n) is 3.99. The molecule has 1 aromatic carbocycles. The Hall–Kier alpha value is -1.20. The number of nitrogens with two attached hydrogens (primary N) is 1. The lowest BCUT2D eigenvalue weighted by molar-refractivity contribution is 0.301. The lowest BCUT2D eigenvalue weighted by Crippen LogP contribution is -2.25. The molecular weight excluding hydrogens is 318 g/mol. The van der Waals surface area contributed by atoms with Gasteiger partial charge in [-0.05, 0) is 56.4 Å². The van der Waals surface area contributed by atoms with E-state index in [0.29, 0.717) is 17.8 Å². The molecule has 0 bridgehead atoms. The van der Waals surface area contributed by atoms with Crippen LogP contribution in [-0.4, -0.2) is 16.2 Å². The maximum Gasteiger partial charge on any atom is 0.230 e. The third kappa shape index (κ3) is 2.79. The summed E-state index contributed by atoms with van der Waals surface area (Å²) < 4.78 is 6.52. The average Bonchev–Trinajstić information content (AvgIpc) is 2.89. The predicted octanol–water partition coefficient (Wildman–Crippen LogP) is 3.79. The van der Waals surface area contributed by atoms with Crippen LogP contribution in [0.3, 0.4) is 0 Å². The maximum atomic E-state index is 5.93. The molecule has 5 heteroatoms. The minimum Gasteiger partial charge on any atom is -0.339 e. The first kappa shape index (κ1) is 13.8. The number of rotatable bonds is 2. The molecule has 0 aliphatic heterocycles. The highest BCUT2D eigenvalue weighted by molar-refractivity contribution is 9.10. The maximum absolute atomic E-state index is 5.93. The summed E-state index contributed by atoms with van der Waals surface area (Å²) in [4.78, 5) is 4.59. The molecule has 2 aromatic rings. The molecule has 3 rings (SSSR count). The fraction of sp³-hybridized carbons (Fsp3) is 0.467. The van der Waals surface area contributed by atoms with Crippen molar-refractivity contribution in [2.45, 2.75) is 44.6 Å². The van der Waals surface area contributed by atoms with Crippen molar-refractivity contribution in [1.82, 2.24) is 10.1 Å². The molecule has 1 aromatic heterocycles. The van der Waals surface area contributed by atoms with Gasteiger partial charge in [0.05, 0.1) is 0 Å². The van der Waals surface area contributed by atoms with Gasteiger partial charge in [-0.2, -0.15) is 4.98 Å². The molecule has 0 unspecified atom stereocenters. The Bertz CT molecular complexity index is 603. The first-order valence-electron chi connectivity index (χ1n) is 6.99. The van der Waals surface area contributed by atoms with Crippen LogP contribution in [0.4, 0.5) is 0 Å². The second-order valence-corrected chi connectivity index (χ2v) is 6.44. The Morgan fingerprint density at radius 1 is 1.25 bits per heavy atom. The van der Waals surface area contributed by atoms with Crippen molar-refractivity contribution in [3.63, 3.8) is 0 Å². The third-order valence-corrected chi connectivity index (χ3v) is 4.49. The van der Waals surface area contributed by atoms with Gasteiger partial charge in [0.1, 0.15) is 0 Å². The Morgan fingerprint density at radius 3 is 2.70 bits per heavy atom. The summed E-state index contributed by atoms with van der Waals surface area (Å²) in [6.07, 6.45) is 4.17. The molecule has 0 atom stereocenters. The van der Waals surface area contributed by atoms with Crippen molar-refractivity contribution in [1.29, 1.82) is 0 Å². The minimum atomic E-state index is 0.336. The normalized spacial score (nSPS) is 22.9. The monoisotopic (exact) mass is 335 g/mol. The smallest absolute Gasteiger partial charge is 0.230 e. The fourth-order valence-electron chi connectivity index (χ4n) is 2.75. The van der Waals surface area contributed by atoms with Gasteiger partial charge >= 0.3 is 0 Å². The van der Waals surface area contributed by atoms with E-state index in [9.17, 15) is 0 Å². The van der Waals surface area contributed by atoms with Gasteiger partial charge in [-0.3, -0.25) is 0 Å². The highest BCUT2D eigenvalue weighted by Crippen LogP contribution is 2.32. The van der Waals surface area contributed by atoms with Gasteiger partial charge in [0.2, 0.25) is 11.7 Å². The summed E-state index contributed by atoms with van der Waals surface area (Å²) in [6.45, 7) is 2.05. The van der Waals surface area contributed by atoms with Gasteiger partial charge < -0.3 is 10.3 Å². The summed E-state index contributed by atoms with van der Waals surface area (Å²) in [7, 11) is 0. The number of halogens is 1. The van der Waals surface area contributed by atoms with Crippen molar-refractivity contribution < 1.29 is 4.52 Å². The molecule has 1 heterocycles. The predicted molar refractivity (Wildman–Crippen MR) is 81.4 cm³/mol. The zero-order valence-corrected chi connectivity index (χ0v) is 13.1. The second-order valence-electron chi connectivity index (χ2n) is 5.53. The van der Waals surface area contributed by atoms with Crippen LogP contribution in [0.15, 0.2) is 27.2 Å². The first-order chi connectivity index (χ1) is 9.63. The standard InChI is InChI=1S/C15H18BrN3O/c1-9-8-11(16)4-7-13(9)14-18-15(20-19-14)10-2-5-12(17)6-3-10/h4,7-8,10,12H,2-3,5-6,17H2,1H3. The molecule has 1 saturated carbocycles. The molecule has 0 saturated heterocycles. The fourth-order valence-corrected chi connectivity index (χ4v) is 3.23. The van der Waals surface area contributed by atoms with E-state index in [-0.39, 0.29) is 0 Å². The van der Waals surface area contributed by atoms with Gasteiger partial charge in [-0.1, -0.05) is 21.1 Å². The molecule has 0 radical (unpaired) electrons. The molecule has 0 spiro atoms. The van der Waals surface area contributed by atoms with Gasteiger partial charge in [-0.25, -0.2) is 0 Å². The van der Waals surface area contributed by atoms with Gasteiger partial charge in [0, 0.05) is 22.0 Å². The number of aryl methyl sites for hydroxylation is 1. The topological polar surface area (TPSA) is 64.9 Å². The minimum absolute atomic E-state index is 0.336. The van der Waals surface area contributed by atoms with Gasteiger partial charge in [0.15, 0.2) is 0 Å². The molecule has 1 fully saturated rings. The molecule has 4 nitrogen and oxygen atoms in total. The molecule has 20 heavy (non-hydrogen) atoms. The largest absolute Gasteiger partial charge is 0.339 e. The van der Waals surface area contributed by atoms with E-state index in [1.807, 2.05) is 12.1 Å². The van der Waals surface area contributed by atoms with Crippen LogP contribution >= 0.6 is 15.9 Å². The van der Waals surface area contributed by atoms with E-state index in [1.54, 1.807) is 0 Å². The highest BCUT2D eigenvalue weighted by Gasteiger charge is 2.25. The van der Waals surface area contributed by atoms with Crippen LogP contribution in [-0.2, 0) is 0 Å². The highest BCUT2D eigenvalue weighted by atomic mass is 79.9. The zero-order chi connectivity index (χ0) is 14.1. The summed E-state index contributed by atoms with van der Waals surface area (Å²) in [6, 6.07) is 6.41. The van der Waals surface area contributed by atoms with E-state index in [1.165, 1.54) is 0 Å². The van der Waals surface area contributed by atoms with Crippen LogP contribution in [0, 0.1) is 6.92 Å². The summed E-state index contributed by atoms with van der Waals surface area (Å²) in [5.74, 6) is 1.81. The Balaban J connectivity index is 1.83. The van der Waals surface area contributed by atoms with E-state index in [4.69, 9.17) is 10.3 Å². The van der Waals surface area contributed by atoms with Crippen LogP contribution in [0.2, 0.25) is 0 Å².